The molecule has 0 fully saturated rings. The molecule has 0 radical (unpaired) electrons. The summed E-state index contributed by atoms with van der Waals surface area (Å²) in [5, 5.41) is 3.54. The van der Waals surface area contributed by atoms with Crippen LogP contribution in [-0.4, -0.2) is 15.5 Å². The lowest BCUT2D eigenvalue weighted by atomic mass is 10.1. The number of halogens is 2. The number of nitrogens with zero attached hydrogens (tertiary/aromatic N) is 2. The number of anilines is 1. The Morgan fingerprint density at radius 1 is 1.46 bits per heavy atom. The summed E-state index contributed by atoms with van der Waals surface area (Å²) in [7, 11) is 0. The molecule has 0 aliphatic rings. The average molecular weight is 265 g/mol. The first-order chi connectivity index (χ1) is 5.88. The third-order valence-corrected chi connectivity index (χ3v) is 2.28. The highest BCUT2D eigenvalue weighted by Crippen LogP contribution is 2.20. The van der Waals surface area contributed by atoms with Crippen molar-refractivity contribution in [2.75, 3.05) is 5.32 Å². The topological polar surface area (TPSA) is 37.8 Å². The van der Waals surface area contributed by atoms with Crippen molar-refractivity contribution in [1.29, 1.82) is 0 Å². The molecule has 0 aliphatic heterocycles. The molecule has 1 N–H and O–H groups in total. The summed E-state index contributed by atoms with van der Waals surface area (Å²) in [6.45, 7) is 6.10. The highest BCUT2D eigenvalue weighted by molar-refractivity contribution is 9.10. The van der Waals surface area contributed by atoms with Gasteiger partial charge in [-0.1, -0.05) is 11.6 Å². The van der Waals surface area contributed by atoms with Crippen molar-refractivity contribution in [3.63, 3.8) is 0 Å². The molecule has 72 valence electrons. The predicted molar refractivity (Wildman–Crippen MR) is 58.1 cm³/mol. The predicted octanol–water partition coefficient (Wildman–Crippen LogP) is 3.10. The van der Waals surface area contributed by atoms with Crippen LogP contribution in [0.5, 0.6) is 0 Å². The number of rotatable bonds is 1. The average Bonchev–Trinajstić information content (AvgIpc) is 1.94. The highest BCUT2D eigenvalue weighted by Gasteiger charge is 2.11. The third kappa shape index (κ3) is 3.48. The molecule has 0 spiro atoms. The molecule has 1 aromatic heterocycles. The van der Waals surface area contributed by atoms with Gasteiger partial charge in [0.2, 0.25) is 5.95 Å². The molecule has 0 unspecified atom stereocenters. The maximum atomic E-state index is 5.80. The van der Waals surface area contributed by atoms with Gasteiger partial charge in [-0.25, -0.2) is 4.98 Å². The Morgan fingerprint density at radius 2 is 2.08 bits per heavy atom. The summed E-state index contributed by atoms with van der Waals surface area (Å²) in [5.74, 6) is 0.542. The largest absolute Gasteiger partial charge is 0.350 e. The van der Waals surface area contributed by atoms with Gasteiger partial charge >= 0.3 is 0 Å². The Hall–Kier alpha value is -0.350. The lowest BCUT2D eigenvalue weighted by Gasteiger charge is -2.20. The molecule has 5 heteroatoms. The van der Waals surface area contributed by atoms with E-state index in [0.29, 0.717) is 15.6 Å². The van der Waals surface area contributed by atoms with Crippen LogP contribution in [0.25, 0.3) is 0 Å². The molecule has 0 bridgehead atoms. The summed E-state index contributed by atoms with van der Waals surface area (Å²) in [4.78, 5) is 8.13. The summed E-state index contributed by atoms with van der Waals surface area (Å²) in [6.07, 6.45) is 1.63. The van der Waals surface area contributed by atoms with E-state index in [-0.39, 0.29) is 5.54 Å². The number of aromatic nitrogens is 2. The molecule has 1 heterocycles. The van der Waals surface area contributed by atoms with Crippen LogP contribution in [-0.2, 0) is 0 Å². The first kappa shape index (κ1) is 10.7. The minimum Gasteiger partial charge on any atom is -0.350 e. The van der Waals surface area contributed by atoms with Gasteiger partial charge in [-0.05, 0) is 36.7 Å². The second-order valence-corrected chi connectivity index (χ2v) is 4.92. The highest BCUT2D eigenvalue weighted by atomic mass is 79.9. The van der Waals surface area contributed by atoms with Crippen molar-refractivity contribution >= 4 is 33.5 Å². The fraction of sp³-hybridized carbons (Fsp3) is 0.500. The zero-order valence-electron chi connectivity index (χ0n) is 7.73. The zero-order chi connectivity index (χ0) is 10.1. The molecule has 3 nitrogen and oxygen atoms in total. The zero-order valence-corrected chi connectivity index (χ0v) is 10.1. The van der Waals surface area contributed by atoms with E-state index in [1.807, 2.05) is 20.8 Å². The Labute approximate surface area is 91.1 Å². The van der Waals surface area contributed by atoms with Gasteiger partial charge in [-0.2, -0.15) is 4.98 Å². The van der Waals surface area contributed by atoms with E-state index in [1.165, 1.54) is 0 Å². The van der Waals surface area contributed by atoms with E-state index < -0.39 is 0 Å². The van der Waals surface area contributed by atoms with Crippen molar-refractivity contribution in [3.8, 4) is 0 Å². The van der Waals surface area contributed by atoms with E-state index in [1.54, 1.807) is 6.20 Å². The van der Waals surface area contributed by atoms with Gasteiger partial charge in [0.05, 0.1) is 4.47 Å². The van der Waals surface area contributed by atoms with Crippen molar-refractivity contribution in [2.45, 2.75) is 26.3 Å². The second-order valence-electron chi connectivity index (χ2n) is 3.71. The molecule has 1 aromatic rings. The fourth-order valence-corrected chi connectivity index (χ4v) is 1.06. The van der Waals surface area contributed by atoms with Crippen molar-refractivity contribution in [1.82, 2.24) is 9.97 Å². The smallest absolute Gasteiger partial charge is 0.224 e. The Morgan fingerprint density at radius 3 is 2.54 bits per heavy atom. The molecule has 0 atom stereocenters. The lowest BCUT2D eigenvalue weighted by molar-refractivity contribution is 0.626. The molecule has 13 heavy (non-hydrogen) atoms. The normalized spacial score (nSPS) is 11.5. The molecular weight excluding hydrogens is 253 g/mol. The Kier molecular flexibility index (Phi) is 3.14. The fourth-order valence-electron chi connectivity index (χ4n) is 0.742. The van der Waals surface area contributed by atoms with Crippen molar-refractivity contribution in [3.05, 3.63) is 15.8 Å². The van der Waals surface area contributed by atoms with Gasteiger partial charge in [0.25, 0.3) is 0 Å². The maximum absolute atomic E-state index is 5.80. The van der Waals surface area contributed by atoms with Crippen LogP contribution in [0, 0.1) is 0 Å². The van der Waals surface area contributed by atoms with Crippen LogP contribution in [0.1, 0.15) is 20.8 Å². The monoisotopic (exact) mass is 263 g/mol. The lowest BCUT2D eigenvalue weighted by Crippen LogP contribution is -2.27. The van der Waals surface area contributed by atoms with E-state index in [9.17, 15) is 0 Å². The van der Waals surface area contributed by atoms with Gasteiger partial charge in [0.15, 0.2) is 0 Å². The summed E-state index contributed by atoms with van der Waals surface area (Å²) < 4.78 is 0.702. The van der Waals surface area contributed by atoms with E-state index in [0.717, 1.165) is 0 Å². The van der Waals surface area contributed by atoms with Crippen LogP contribution < -0.4 is 5.32 Å². The van der Waals surface area contributed by atoms with Gasteiger partial charge in [-0.3, -0.25) is 0 Å². The Bertz CT molecular complexity index is 309. The number of hydrogen-bond acceptors (Lipinski definition) is 3. The number of hydrogen-bond donors (Lipinski definition) is 1. The standard InChI is InChI=1S/C8H11BrClN3/c1-8(2,3)13-7-11-4-5(9)6(10)12-7/h4H,1-3H3,(H,11,12,13). The number of nitrogens with one attached hydrogen (secondary N) is 1. The van der Waals surface area contributed by atoms with E-state index >= 15 is 0 Å². The minimum atomic E-state index is -0.0584. The van der Waals surface area contributed by atoms with Crippen LogP contribution in [0.3, 0.4) is 0 Å². The molecule has 0 aliphatic carbocycles. The van der Waals surface area contributed by atoms with Crippen LogP contribution >= 0.6 is 27.5 Å². The molecule has 0 saturated carbocycles. The van der Waals surface area contributed by atoms with Gasteiger partial charge in [0, 0.05) is 11.7 Å². The molecule has 1 rings (SSSR count). The van der Waals surface area contributed by atoms with Crippen LogP contribution in [0.15, 0.2) is 10.7 Å². The summed E-state index contributed by atoms with van der Waals surface area (Å²) in [6, 6.07) is 0. The quantitative estimate of drug-likeness (QED) is 0.792. The van der Waals surface area contributed by atoms with Crippen molar-refractivity contribution in [2.24, 2.45) is 0 Å². The first-order valence-electron chi connectivity index (χ1n) is 3.85. The molecule has 0 amide bonds. The van der Waals surface area contributed by atoms with E-state index in [4.69, 9.17) is 11.6 Å². The van der Waals surface area contributed by atoms with E-state index in [2.05, 4.69) is 31.2 Å². The minimum absolute atomic E-state index is 0.0584. The second kappa shape index (κ2) is 3.80. The van der Waals surface area contributed by atoms with Crippen molar-refractivity contribution < 1.29 is 0 Å². The SMILES string of the molecule is CC(C)(C)Nc1ncc(Br)c(Cl)n1. The van der Waals surface area contributed by atoms with Gasteiger partial charge in [-0.15, -0.1) is 0 Å². The van der Waals surface area contributed by atoms with Gasteiger partial charge < -0.3 is 5.32 Å². The first-order valence-corrected chi connectivity index (χ1v) is 5.02. The summed E-state index contributed by atoms with van der Waals surface area (Å²) >= 11 is 9.03. The molecule has 0 aromatic carbocycles. The van der Waals surface area contributed by atoms with Crippen LogP contribution in [0.4, 0.5) is 5.95 Å². The van der Waals surface area contributed by atoms with Gasteiger partial charge in [0.1, 0.15) is 5.15 Å². The molecule has 0 saturated heterocycles. The molecular formula is C8H11BrClN3. The Balaban J connectivity index is 2.86. The maximum Gasteiger partial charge on any atom is 0.224 e. The summed E-state index contributed by atoms with van der Waals surface area (Å²) in [5.41, 5.74) is -0.0584. The third-order valence-electron chi connectivity index (χ3n) is 1.19. The van der Waals surface area contributed by atoms with Crippen LogP contribution in [0.2, 0.25) is 5.15 Å².